The molecule has 0 bridgehead atoms. The summed E-state index contributed by atoms with van der Waals surface area (Å²) in [7, 11) is 0. The molecule has 1 saturated heterocycles. The molecule has 0 aliphatic carbocycles. The fourth-order valence-electron chi connectivity index (χ4n) is 1.91. The summed E-state index contributed by atoms with van der Waals surface area (Å²) in [6.45, 7) is 7.40. The van der Waals surface area contributed by atoms with Crippen molar-refractivity contribution in [3.8, 4) is 0 Å². The number of allylic oxidation sites excluding steroid dienone is 1. The third-order valence-electron chi connectivity index (χ3n) is 2.89. The van der Waals surface area contributed by atoms with Crippen LogP contribution in [0.2, 0.25) is 0 Å². The number of aromatic nitrogens is 3. The summed E-state index contributed by atoms with van der Waals surface area (Å²) in [4.78, 5) is 0. The Morgan fingerprint density at radius 1 is 1.53 bits per heavy atom. The number of hydrogen-bond donors (Lipinski definition) is 0. The molecule has 0 amide bonds. The van der Waals surface area contributed by atoms with Crippen LogP contribution >= 0.6 is 11.8 Å². The Balaban J connectivity index is 1.91. The Morgan fingerprint density at radius 2 is 2.41 bits per heavy atom. The Labute approximate surface area is 106 Å². The molecule has 0 spiro atoms. The summed E-state index contributed by atoms with van der Waals surface area (Å²) in [5.74, 6) is 1.91. The van der Waals surface area contributed by atoms with Crippen molar-refractivity contribution in [3.05, 3.63) is 18.5 Å². The Morgan fingerprint density at radius 3 is 3.12 bits per heavy atom. The highest BCUT2D eigenvalue weighted by Gasteiger charge is 2.16. The first-order chi connectivity index (χ1) is 8.31. The molecular weight excluding hydrogens is 234 g/mol. The monoisotopic (exact) mass is 253 g/mol. The molecule has 1 aliphatic heterocycles. The SMILES string of the molecule is C=CCn1c(C)nnc1SC[C@H]1CCCCO1. The standard InChI is InChI=1S/C12H19N3OS/c1-3-7-15-10(2)13-14-12(15)17-9-11-6-4-5-8-16-11/h3,11H,1,4-9H2,2H3/t11-/m1/s1. The first-order valence-electron chi connectivity index (χ1n) is 6.06. The first-order valence-corrected chi connectivity index (χ1v) is 7.05. The van der Waals surface area contributed by atoms with Crippen LogP contribution in [0.25, 0.3) is 0 Å². The topological polar surface area (TPSA) is 39.9 Å². The Bertz CT molecular complexity index is 372. The lowest BCUT2D eigenvalue weighted by molar-refractivity contribution is 0.0315. The molecular formula is C12H19N3OS. The number of thioether (sulfide) groups is 1. The van der Waals surface area contributed by atoms with Crippen molar-refractivity contribution in [2.24, 2.45) is 0 Å². The van der Waals surface area contributed by atoms with Gasteiger partial charge in [-0.3, -0.25) is 0 Å². The zero-order chi connectivity index (χ0) is 12.1. The van der Waals surface area contributed by atoms with Crippen molar-refractivity contribution in [1.29, 1.82) is 0 Å². The van der Waals surface area contributed by atoms with Crippen LogP contribution in [0, 0.1) is 6.92 Å². The van der Waals surface area contributed by atoms with Crippen LogP contribution < -0.4 is 0 Å². The summed E-state index contributed by atoms with van der Waals surface area (Å²) in [6.07, 6.45) is 5.90. The zero-order valence-corrected chi connectivity index (χ0v) is 11.1. The summed E-state index contributed by atoms with van der Waals surface area (Å²) in [5, 5.41) is 9.26. The number of aryl methyl sites for hydroxylation is 1. The molecule has 1 aromatic rings. The first kappa shape index (κ1) is 12.6. The summed E-state index contributed by atoms with van der Waals surface area (Å²) >= 11 is 1.73. The van der Waals surface area contributed by atoms with E-state index >= 15 is 0 Å². The van der Waals surface area contributed by atoms with Gasteiger partial charge >= 0.3 is 0 Å². The van der Waals surface area contributed by atoms with Crippen LogP contribution in [0.5, 0.6) is 0 Å². The molecule has 2 heterocycles. The minimum atomic E-state index is 0.378. The van der Waals surface area contributed by atoms with Crippen molar-refractivity contribution in [2.75, 3.05) is 12.4 Å². The third-order valence-corrected chi connectivity index (χ3v) is 3.98. The summed E-state index contributed by atoms with van der Waals surface area (Å²) < 4.78 is 7.79. The number of nitrogens with zero attached hydrogens (tertiary/aromatic N) is 3. The maximum Gasteiger partial charge on any atom is 0.191 e. The van der Waals surface area contributed by atoms with Crippen molar-refractivity contribution >= 4 is 11.8 Å². The van der Waals surface area contributed by atoms with Gasteiger partial charge < -0.3 is 9.30 Å². The number of rotatable bonds is 5. The fraction of sp³-hybridized carbons (Fsp3) is 0.667. The maximum atomic E-state index is 5.71. The van der Waals surface area contributed by atoms with Gasteiger partial charge in [0.05, 0.1) is 6.10 Å². The van der Waals surface area contributed by atoms with Crippen LogP contribution in [-0.4, -0.2) is 33.2 Å². The molecule has 17 heavy (non-hydrogen) atoms. The van der Waals surface area contributed by atoms with Gasteiger partial charge in [-0.1, -0.05) is 17.8 Å². The van der Waals surface area contributed by atoms with Crippen LogP contribution in [0.4, 0.5) is 0 Å². The van der Waals surface area contributed by atoms with Crippen LogP contribution in [0.15, 0.2) is 17.8 Å². The van der Waals surface area contributed by atoms with Crippen molar-refractivity contribution < 1.29 is 4.74 Å². The minimum Gasteiger partial charge on any atom is -0.377 e. The predicted molar refractivity (Wildman–Crippen MR) is 69.3 cm³/mol. The van der Waals surface area contributed by atoms with Gasteiger partial charge in [-0.05, 0) is 26.2 Å². The van der Waals surface area contributed by atoms with Crippen molar-refractivity contribution in [1.82, 2.24) is 14.8 Å². The van der Waals surface area contributed by atoms with Crippen LogP contribution in [-0.2, 0) is 11.3 Å². The molecule has 1 atom stereocenters. The van der Waals surface area contributed by atoms with Gasteiger partial charge in [0.2, 0.25) is 0 Å². The predicted octanol–water partition coefficient (Wildman–Crippen LogP) is 2.43. The molecule has 5 heteroatoms. The average molecular weight is 253 g/mol. The molecule has 1 aliphatic rings. The van der Waals surface area contributed by atoms with E-state index in [0.29, 0.717) is 6.10 Å². The van der Waals surface area contributed by atoms with Crippen LogP contribution in [0.1, 0.15) is 25.1 Å². The quantitative estimate of drug-likeness (QED) is 0.597. The second-order valence-electron chi connectivity index (χ2n) is 4.23. The molecule has 1 fully saturated rings. The molecule has 0 saturated carbocycles. The van der Waals surface area contributed by atoms with Crippen molar-refractivity contribution in [3.63, 3.8) is 0 Å². The highest BCUT2D eigenvalue weighted by Crippen LogP contribution is 2.22. The molecule has 94 valence electrons. The van der Waals surface area contributed by atoms with Crippen LogP contribution in [0.3, 0.4) is 0 Å². The van der Waals surface area contributed by atoms with E-state index in [1.165, 1.54) is 19.3 Å². The van der Waals surface area contributed by atoms with E-state index < -0.39 is 0 Å². The highest BCUT2D eigenvalue weighted by molar-refractivity contribution is 7.99. The van der Waals surface area contributed by atoms with Gasteiger partial charge in [0.15, 0.2) is 5.16 Å². The van der Waals surface area contributed by atoms with Gasteiger partial charge in [-0.25, -0.2) is 0 Å². The maximum absolute atomic E-state index is 5.71. The molecule has 0 unspecified atom stereocenters. The molecule has 4 nitrogen and oxygen atoms in total. The smallest absolute Gasteiger partial charge is 0.191 e. The van der Waals surface area contributed by atoms with Gasteiger partial charge in [0, 0.05) is 18.9 Å². The van der Waals surface area contributed by atoms with E-state index in [1.54, 1.807) is 11.8 Å². The van der Waals surface area contributed by atoms with E-state index in [1.807, 2.05) is 13.0 Å². The summed E-state index contributed by atoms with van der Waals surface area (Å²) in [6, 6.07) is 0. The van der Waals surface area contributed by atoms with Crippen molar-refractivity contribution in [2.45, 2.75) is 44.0 Å². The summed E-state index contributed by atoms with van der Waals surface area (Å²) in [5.41, 5.74) is 0. The Hall–Kier alpha value is -0.810. The van der Waals surface area contributed by atoms with E-state index in [9.17, 15) is 0 Å². The lowest BCUT2D eigenvalue weighted by Gasteiger charge is -2.21. The largest absolute Gasteiger partial charge is 0.377 e. The van der Waals surface area contributed by atoms with E-state index in [0.717, 1.165) is 29.9 Å². The number of ether oxygens (including phenoxy) is 1. The third kappa shape index (κ3) is 3.33. The highest BCUT2D eigenvalue weighted by atomic mass is 32.2. The second kappa shape index (κ2) is 6.21. The van der Waals surface area contributed by atoms with E-state index in [4.69, 9.17) is 4.74 Å². The van der Waals surface area contributed by atoms with Gasteiger partial charge in [-0.15, -0.1) is 16.8 Å². The fourth-order valence-corrected chi connectivity index (χ4v) is 2.97. The average Bonchev–Trinajstić information content (AvgIpc) is 2.70. The minimum absolute atomic E-state index is 0.378. The molecule has 1 aromatic heterocycles. The zero-order valence-electron chi connectivity index (χ0n) is 10.3. The molecule has 0 N–H and O–H groups in total. The lowest BCUT2D eigenvalue weighted by Crippen LogP contribution is -2.21. The molecule has 0 radical (unpaired) electrons. The second-order valence-corrected chi connectivity index (χ2v) is 5.22. The normalized spacial score (nSPS) is 20.4. The van der Waals surface area contributed by atoms with Gasteiger partial charge in [0.25, 0.3) is 0 Å². The molecule has 0 aromatic carbocycles. The van der Waals surface area contributed by atoms with Gasteiger partial charge in [-0.2, -0.15) is 0 Å². The van der Waals surface area contributed by atoms with E-state index in [-0.39, 0.29) is 0 Å². The number of hydrogen-bond acceptors (Lipinski definition) is 4. The van der Waals surface area contributed by atoms with Gasteiger partial charge in [0.1, 0.15) is 5.82 Å². The van der Waals surface area contributed by atoms with E-state index in [2.05, 4.69) is 21.3 Å². The molecule has 2 rings (SSSR count). The Kier molecular flexibility index (Phi) is 4.62. The lowest BCUT2D eigenvalue weighted by atomic mass is 10.1.